The molecule has 0 amide bonds. The molecule has 0 aromatic carbocycles. The number of nitrogens with zero attached hydrogens (tertiary/aromatic N) is 3. The lowest BCUT2D eigenvalue weighted by atomic mass is 10.4. The first kappa shape index (κ1) is 7.28. The van der Waals surface area contributed by atoms with Crippen LogP contribution in [0.5, 0.6) is 0 Å². The van der Waals surface area contributed by atoms with Crippen LogP contribution in [-0.2, 0) is 0 Å². The van der Waals surface area contributed by atoms with Gasteiger partial charge in [0.25, 0.3) is 0 Å². The maximum absolute atomic E-state index is 5.59. The molecular weight excluding hydrogens is 150 g/mol. The van der Waals surface area contributed by atoms with E-state index in [1.807, 2.05) is 19.0 Å². The van der Waals surface area contributed by atoms with Crippen molar-refractivity contribution in [1.82, 2.24) is 10.2 Å². The minimum absolute atomic E-state index is 0.422. The molecule has 0 radical (unpaired) electrons. The second-order valence-corrected chi connectivity index (χ2v) is 2.52. The molecule has 1 aromatic heterocycles. The second-order valence-electron chi connectivity index (χ2n) is 2.13. The molecule has 1 aromatic rings. The Labute approximate surface area is 64.6 Å². The van der Waals surface area contributed by atoms with E-state index >= 15 is 0 Å². The fraction of sp³-hybridized carbons (Fsp3) is 0.333. The number of anilines is 1. The highest BCUT2D eigenvalue weighted by atomic mass is 35.5. The van der Waals surface area contributed by atoms with Gasteiger partial charge in [-0.05, 0) is 0 Å². The normalized spacial score (nSPS) is 9.50. The average molecular weight is 158 g/mol. The highest BCUT2D eigenvalue weighted by Gasteiger charge is 1.95. The number of aromatic nitrogens is 2. The van der Waals surface area contributed by atoms with Crippen LogP contribution in [0.15, 0.2) is 12.3 Å². The van der Waals surface area contributed by atoms with Crippen molar-refractivity contribution in [3.8, 4) is 0 Å². The Morgan fingerprint density at radius 2 is 2.20 bits per heavy atom. The summed E-state index contributed by atoms with van der Waals surface area (Å²) in [5.41, 5.74) is 0.958. The smallest absolute Gasteiger partial charge is 0.153 e. The summed E-state index contributed by atoms with van der Waals surface area (Å²) in [4.78, 5) is 1.92. The van der Waals surface area contributed by atoms with Gasteiger partial charge in [-0.25, -0.2) is 0 Å². The molecule has 3 nitrogen and oxygen atoms in total. The molecule has 0 fully saturated rings. The van der Waals surface area contributed by atoms with Crippen LogP contribution in [-0.4, -0.2) is 24.3 Å². The van der Waals surface area contributed by atoms with Crippen molar-refractivity contribution in [1.29, 1.82) is 0 Å². The van der Waals surface area contributed by atoms with E-state index in [-0.39, 0.29) is 0 Å². The Morgan fingerprint density at radius 1 is 1.50 bits per heavy atom. The van der Waals surface area contributed by atoms with Crippen molar-refractivity contribution < 1.29 is 0 Å². The third-order valence-corrected chi connectivity index (χ3v) is 1.31. The van der Waals surface area contributed by atoms with Crippen LogP contribution in [0.25, 0.3) is 0 Å². The molecular formula is C6H8ClN3. The molecule has 0 aliphatic carbocycles. The van der Waals surface area contributed by atoms with Gasteiger partial charge in [0.15, 0.2) is 5.15 Å². The van der Waals surface area contributed by atoms with Crippen LogP contribution in [0.4, 0.5) is 5.69 Å². The van der Waals surface area contributed by atoms with Gasteiger partial charge in [-0.1, -0.05) is 11.6 Å². The van der Waals surface area contributed by atoms with Gasteiger partial charge >= 0.3 is 0 Å². The van der Waals surface area contributed by atoms with Gasteiger partial charge in [-0.3, -0.25) is 0 Å². The maximum Gasteiger partial charge on any atom is 0.153 e. The summed E-state index contributed by atoms with van der Waals surface area (Å²) in [6, 6.07) is 1.76. The van der Waals surface area contributed by atoms with Crippen LogP contribution in [0.3, 0.4) is 0 Å². The van der Waals surface area contributed by atoms with E-state index in [9.17, 15) is 0 Å². The van der Waals surface area contributed by atoms with Crippen molar-refractivity contribution >= 4 is 17.3 Å². The predicted molar refractivity (Wildman–Crippen MR) is 41.4 cm³/mol. The zero-order valence-electron chi connectivity index (χ0n) is 5.87. The fourth-order valence-electron chi connectivity index (χ4n) is 0.576. The largest absolute Gasteiger partial charge is 0.376 e. The minimum atomic E-state index is 0.422. The molecule has 0 aliphatic rings. The van der Waals surface area contributed by atoms with Crippen LogP contribution in [0.1, 0.15) is 0 Å². The summed E-state index contributed by atoms with van der Waals surface area (Å²) < 4.78 is 0. The molecule has 0 saturated heterocycles. The fourth-order valence-corrected chi connectivity index (χ4v) is 0.731. The number of halogens is 1. The molecule has 0 N–H and O–H groups in total. The topological polar surface area (TPSA) is 29.0 Å². The molecule has 1 rings (SSSR count). The van der Waals surface area contributed by atoms with E-state index in [1.165, 1.54) is 0 Å². The Balaban J connectivity index is 2.96. The van der Waals surface area contributed by atoms with Crippen molar-refractivity contribution in [2.45, 2.75) is 0 Å². The standard InChI is InChI=1S/C6H8ClN3/c1-10(2)5-3-6(7)9-8-4-5/h3-4H,1-2H3. The zero-order chi connectivity index (χ0) is 7.56. The Morgan fingerprint density at radius 3 is 2.60 bits per heavy atom. The Kier molecular flexibility index (Phi) is 2.06. The van der Waals surface area contributed by atoms with Gasteiger partial charge in [0.1, 0.15) is 0 Å². The van der Waals surface area contributed by atoms with E-state index in [2.05, 4.69) is 10.2 Å². The monoisotopic (exact) mass is 157 g/mol. The van der Waals surface area contributed by atoms with E-state index < -0.39 is 0 Å². The van der Waals surface area contributed by atoms with Crippen molar-refractivity contribution in [2.75, 3.05) is 19.0 Å². The van der Waals surface area contributed by atoms with Crippen molar-refractivity contribution in [3.63, 3.8) is 0 Å². The summed E-state index contributed by atoms with van der Waals surface area (Å²) in [5.74, 6) is 0. The lowest BCUT2D eigenvalue weighted by Crippen LogP contribution is -2.08. The first-order chi connectivity index (χ1) is 4.70. The quantitative estimate of drug-likeness (QED) is 0.614. The Hall–Kier alpha value is -0.830. The summed E-state index contributed by atoms with van der Waals surface area (Å²) in [7, 11) is 3.85. The van der Waals surface area contributed by atoms with Crippen LogP contribution in [0.2, 0.25) is 5.15 Å². The molecule has 0 aliphatic heterocycles. The third-order valence-electron chi connectivity index (χ3n) is 1.13. The summed E-state index contributed by atoms with van der Waals surface area (Å²) in [5, 5.41) is 7.72. The molecule has 0 unspecified atom stereocenters. The molecule has 0 bridgehead atoms. The number of hydrogen-bond donors (Lipinski definition) is 0. The minimum Gasteiger partial charge on any atom is -0.376 e. The number of hydrogen-bond acceptors (Lipinski definition) is 3. The lowest BCUT2D eigenvalue weighted by Gasteiger charge is -2.10. The second kappa shape index (κ2) is 2.84. The van der Waals surface area contributed by atoms with Gasteiger partial charge in [-0.2, -0.15) is 5.10 Å². The van der Waals surface area contributed by atoms with E-state index in [0.29, 0.717) is 5.15 Å². The maximum atomic E-state index is 5.59. The van der Waals surface area contributed by atoms with Crippen molar-refractivity contribution in [2.24, 2.45) is 0 Å². The summed E-state index contributed by atoms with van der Waals surface area (Å²) in [6.45, 7) is 0. The summed E-state index contributed by atoms with van der Waals surface area (Å²) in [6.07, 6.45) is 1.66. The predicted octanol–water partition coefficient (Wildman–Crippen LogP) is 1.20. The first-order valence-corrected chi connectivity index (χ1v) is 3.23. The lowest BCUT2D eigenvalue weighted by molar-refractivity contribution is 1.00. The van der Waals surface area contributed by atoms with E-state index in [4.69, 9.17) is 11.6 Å². The van der Waals surface area contributed by atoms with Crippen molar-refractivity contribution in [3.05, 3.63) is 17.4 Å². The SMILES string of the molecule is CN(C)c1cnnc(Cl)c1. The van der Waals surface area contributed by atoms with Gasteiger partial charge in [0.2, 0.25) is 0 Å². The van der Waals surface area contributed by atoms with Gasteiger partial charge in [0.05, 0.1) is 11.9 Å². The van der Waals surface area contributed by atoms with Crippen LogP contribution in [0, 0.1) is 0 Å². The molecule has 10 heavy (non-hydrogen) atoms. The van der Waals surface area contributed by atoms with Crippen LogP contribution < -0.4 is 4.90 Å². The average Bonchev–Trinajstić information content (AvgIpc) is 1.88. The molecule has 1 heterocycles. The summed E-state index contributed by atoms with van der Waals surface area (Å²) >= 11 is 5.59. The van der Waals surface area contributed by atoms with E-state index in [0.717, 1.165) is 5.69 Å². The highest BCUT2D eigenvalue weighted by Crippen LogP contribution is 2.11. The Bertz CT molecular complexity index is 224. The molecule has 4 heteroatoms. The first-order valence-electron chi connectivity index (χ1n) is 2.85. The highest BCUT2D eigenvalue weighted by molar-refractivity contribution is 6.29. The van der Waals surface area contributed by atoms with E-state index in [1.54, 1.807) is 12.3 Å². The van der Waals surface area contributed by atoms with Crippen LogP contribution >= 0.6 is 11.6 Å². The van der Waals surface area contributed by atoms with Gasteiger partial charge < -0.3 is 4.90 Å². The molecule has 0 saturated carbocycles. The van der Waals surface area contributed by atoms with Gasteiger partial charge in [0, 0.05) is 20.2 Å². The number of rotatable bonds is 1. The third kappa shape index (κ3) is 1.57. The molecule has 0 spiro atoms. The molecule has 0 atom stereocenters. The van der Waals surface area contributed by atoms with Gasteiger partial charge in [-0.15, -0.1) is 5.10 Å². The zero-order valence-corrected chi connectivity index (χ0v) is 6.63. The molecule has 54 valence electrons.